The van der Waals surface area contributed by atoms with Crippen LogP contribution in [0.15, 0.2) is 36.4 Å². The molecule has 2 aromatic carbocycles. The molecular weight excluding hydrogens is 312 g/mol. The van der Waals surface area contributed by atoms with Gasteiger partial charge in [0.15, 0.2) is 0 Å². The van der Waals surface area contributed by atoms with E-state index in [4.69, 9.17) is 0 Å². The van der Waals surface area contributed by atoms with E-state index in [0.29, 0.717) is 6.42 Å². The summed E-state index contributed by atoms with van der Waals surface area (Å²) >= 11 is 0. The number of amides is 2. The third kappa shape index (κ3) is 9.50. The van der Waals surface area contributed by atoms with Crippen LogP contribution in [-0.4, -0.2) is 11.8 Å². The topological polar surface area (TPSA) is 58.2 Å². The highest BCUT2D eigenvalue weighted by Gasteiger charge is 2.02. The van der Waals surface area contributed by atoms with Crippen LogP contribution in [0.1, 0.15) is 61.8 Å². The maximum absolute atomic E-state index is 11.3. The Morgan fingerprint density at radius 1 is 0.760 bits per heavy atom. The first kappa shape index (κ1) is 24.9. The predicted octanol–water partition coefficient (Wildman–Crippen LogP) is 6.23. The largest absolute Gasteiger partial charge is 0.326 e. The first-order valence-electron chi connectivity index (χ1n) is 9.19. The van der Waals surface area contributed by atoms with Crippen molar-refractivity contribution in [3.63, 3.8) is 0 Å². The van der Waals surface area contributed by atoms with Crippen LogP contribution in [0.3, 0.4) is 0 Å². The molecule has 2 amide bonds. The number of nitrogens with one attached hydrogen (secondary N) is 2. The number of anilines is 2. The van der Waals surface area contributed by atoms with Crippen LogP contribution in [0.5, 0.6) is 0 Å². The lowest BCUT2D eigenvalue weighted by Gasteiger charge is -2.07. The van der Waals surface area contributed by atoms with Gasteiger partial charge < -0.3 is 10.6 Å². The summed E-state index contributed by atoms with van der Waals surface area (Å²) in [7, 11) is 0. The monoisotopic (exact) mass is 346 g/mol. The molecule has 0 aliphatic carbocycles. The van der Waals surface area contributed by atoms with E-state index in [0.717, 1.165) is 22.1 Å². The number of benzene rings is 2. The number of carbonyl (C=O) groups excluding carboxylic acids is 2. The molecule has 25 heavy (non-hydrogen) atoms. The highest BCUT2D eigenvalue weighted by atomic mass is 16.2. The van der Waals surface area contributed by atoms with Gasteiger partial charge in [-0.05, 0) is 35.0 Å². The SMILES string of the molecule is CC.CC.CC.CCC(=O)Nc1ccc2cc(NC(C)=O)ccc2c1. The third-order valence-corrected chi connectivity index (χ3v) is 2.77. The van der Waals surface area contributed by atoms with E-state index in [2.05, 4.69) is 10.6 Å². The van der Waals surface area contributed by atoms with Crippen LogP contribution < -0.4 is 10.6 Å². The smallest absolute Gasteiger partial charge is 0.224 e. The van der Waals surface area contributed by atoms with Crippen molar-refractivity contribution in [3.05, 3.63) is 36.4 Å². The van der Waals surface area contributed by atoms with Crippen molar-refractivity contribution < 1.29 is 9.59 Å². The normalized spacial score (nSPS) is 8.48. The average Bonchev–Trinajstić information content (AvgIpc) is 2.66. The van der Waals surface area contributed by atoms with Crippen molar-refractivity contribution in [2.75, 3.05) is 10.6 Å². The molecule has 0 saturated heterocycles. The zero-order valence-electron chi connectivity index (χ0n) is 17.0. The Kier molecular flexibility index (Phi) is 15.1. The van der Waals surface area contributed by atoms with Crippen molar-refractivity contribution in [1.82, 2.24) is 0 Å². The van der Waals surface area contributed by atoms with E-state index in [1.807, 2.05) is 84.9 Å². The summed E-state index contributed by atoms with van der Waals surface area (Å²) < 4.78 is 0. The molecule has 140 valence electrons. The molecule has 0 unspecified atom stereocenters. The number of hydrogen-bond donors (Lipinski definition) is 2. The van der Waals surface area contributed by atoms with Gasteiger partial charge in [0.25, 0.3) is 0 Å². The third-order valence-electron chi connectivity index (χ3n) is 2.77. The van der Waals surface area contributed by atoms with Crippen molar-refractivity contribution in [2.45, 2.75) is 61.8 Å². The van der Waals surface area contributed by atoms with Gasteiger partial charge in [-0.15, -0.1) is 0 Å². The molecule has 0 bridgehead atoms. The predicted molar refractivity (Wildman–Crippen MR) is 111 cm³/mol. The molecule has 0 radical (unpaired) electrons. The van der Waals surface area contributed by atoms with Gasteiger partial charge in [0.2, 0.25) is 11.8 Å². The zero-order valence-corrected chi connectivity index (χ0v) is 17.0. The van der Waals surface area contributed by atoms with Gasteiger partial charge >= 0.3 is 0 Å². The molecule has 0 saturated carbocycles. The van der Waals surface area contributed by atoms with Crippen molar-refractivity contribution in [2.24, 2.45) is 0 Å². The summed E-state index contributed by atoms with van der Waals surface area (Å²) in [6, 6.07) is 11.4. The van der Waals surface area contributed by atoms with E-state index in [1.54, 1.807) is 0 Å². The zero-order chi connectivity index (χ0) is 19.8. The van der Waals surface area contributed by atoms with Crippen LogP contribution in [0.4, 0.5) is 11.4 Å². The van der Waals surface area contributed by atoms with Crippen molar-refractivity contribution >= 4 is 34.0 Å². The quantitative estimate of drug-likeness (QED) is 0.692. The summed E-state index contributed by atoms with van der Waals surface area (Å²) in [6.45, 7) is 15.3. The van der Waals surface area contributed by atoms with Gasteiger partial charge in [-0.25, -0.2) is 0 Å². The van der Waals surface area contributed by atoms with Gasteiger partial charge in [-0.1, -0.05) is 60.6 Å². The number of rotatable bonds is 3. The molecule has 2 aromatic rings. The Balaban J connectivity index is 0. The molecule has 0 aliphatic heterocycles. The lowest BCUT2D eigenvalue weighted by molar-refractivity contribution is -0.116. The molecule has 4 nitrogen and oxygen atoms in total. The maximum atomic E-state index is 11.3. The fraction of sp³-hybridized carbons (Fsp3) is 0.429. The second-order valence-electron chi connectivity index (χ2n) is 4.36. The van der Waals surface area contributed by atoms with Crippen LogP contribution in [0, 0.1) is 0 Å². The molecule has 0 aromatic heterocycles. The summed E-state index contributed by atoms with van der Waals surface area (Å²) in [6.07, 6.45) is 0.458. The van der Waals surface area contributed by atoms with Gasteiger partial charge in [0.1, 0.15) is 0 Å². The number of fused-ring (bicyclic) bond motifs is 1. The van der Waals surface area contributed by atoms with E-state index in [9.17, 15) is 9.59 Å². The van der Waals surface area contributed by atoms with Crippen molar-refractivity contribution in [3.8, 4) is 0 Å². The summed E-state index contributed by atoms with van der Waals surface area (Å²) in [5.41, 5.74) is 1.55. The first-order valence-corrected chi connectivity index (χ1v) is 9.19. The van der Waals surface area contributed by atoms with Crippen molar-refractivity contribution in [1.29, 1.82) is 0 Å². The number of carbonyl (C=O) groups is 2. The van der Waals surface area contributed by atoms with E-state index in [-0.39, 0.29) is 11.8 Å². The Labute approximate surface area is 153 Å². The Morgan fingerprint density at radius 3 is 1.52 bits per heavy atom. The van der Waals surface area contributed by atoms with Gasteiger partial charge in [0.05, 0.1) is 0 Å². The summed E-state index contributed by atoms with van der Waals surface area (Å²) in [5.74, 6) is -0.0969. The molecule has 4 heteroatoms. The maximum Gasteiger partial charge on any atom is 0.224 e. The standard InChI is InChI=1S/C15H16N2O2.3C2H6/c1-3-15(19)17-14-7-5-11-8-13(16-10(2)18)6-4-12(11)9-14;3*1-2/h4-9H,3H2,1-2H3,(H,16,18)(H,17,19);3*1-2H3. The van der Waals surface area contributed by atoms with Crippen LogP contribution in [0.2, 0.25) is 0 Å². The molecule has 0 atom stereocenters. The highest BCUT2D eigenvalue weighted by Crippen LogP contribution is 2.22. The fourth-order valence-corrected chi connectivity index (χ4v) is 1.85. The van der Waals surface area contributed by atoms with Crippen LogP contribution in [-0.2, 0) is 9.59 Å². The fourth-order valence-electron chi connectivity index (χ4n) is 1.85. The Bertz CT molecular complexity index is 637. The van der Waals surface area contributed by atoms with E-state index in [1.165, 1.54) is 6.92 Å². The minimum Gasteiger partial charge on any atom is -0.326 e. The molecule has 2 rings (SSSR count). The number of hydrogen-bond acceptors (Lipinski definition) is 2. The highest BCUT2D eigenvalue weighted by molar-refractivity contribution is 5.96. The molecule has 0 spiro atoms. The van der Waals surface area contributed by atoms with Gasteiger partial charge in [0, 0.05) is 24.7 Å². The lowest BCUT2D eigenvalue weighted by Crippen LogP contribution is -2.09. The van der Waals surface area contributed by atoms with Crippen LogP contribution in [0.25, 0.3) is 10.8 Å². The average molecular weight is 347 g/mol. The molecular formula is C21H34N2O2. The summed E-state index contributed by atoms with van der Waals surface area (Å²) in [4.78, 5) is 22.3. The molecule has 0 heterocycles. The van der Waals surface area contributed by atoms with Gasteiger partial charge in [-0.2, -0.15) is 0 Å². The van der Waals surface area contributed by atoms with Gasteiger partial charge in [-0.3, -0.25) is 9.59 Å². The summed E-state index contributed by atoms with van der Waals surface area (Å²) in [5, 5.41) is 7.60. The molecule has 2 N–H and O–H groups in total. The second-order valence-corrected chi connectivity index (χ2v) is 4.36. The Morgan fingerprint density at radius 2 is 1.16 bits per heavy atom. The van der Waals surface area contributed by atoms with Crippen LogP contribution >= 0.6 is 0 Å². The first-order chi connectivity index (χ1) is 12.1. The minimum atomic E-state index is -0.0915. The van der Waals surface area contributed by atoms with E-state index >= 15 is 0 Å². The minimum absolute atomic E-state index is 0.00536. The molecule has 0 fully saturated rings. The van der Waals surface area contributed by atoms with E-state index < -0.39 is 0 Å². The lowest BCUT2D eigenvalue weighted by atomic mass is 10.1. The Hall–Kier alpha value is -2.36. The second kappa shape index (κ2) is 15.2. The molecule has 0 aliphatic rings.